The number of hydrogen-bond donors (Lipinski definition) is 2. The summed E-state index contributed by atoms with van der Waals surface area (Å²) in [5.41, 5.74) is 1.00. The fourth-order valence-electron chi connectivity index (χ4n) is 2.80. The van der Waals surface area contributed by atoms with E-state index in [0.29, 0.717) is 19.6 Å². The number of furan rings is 1. The van der Waals surface area contributed by atoms with Crippen LogP contribution < -0.4 is 10.2 Å². The number of likely N-dealkylation sites (N-methyl/N-ethyl adjacent to an activating group) is 1. The third-order valence-corrected chi connectivity index (χ3v) is 5.00. The normalized spacial score (nSPS) is 16.6. The number of rotatable bonds is 5. The number of carbonyl (C=O) groups excluding carboxylic acids is 2. The summed E-state index contributed by atoms with van der Waals surface area (Å²) in [5.74, 6) is 1.45. The van der Waals surface area contributed by atoms with Gasteiger partial charge in [0.2, 0.25) is 0 Å². The molecule has 1 saturated heterocycles. The minimum absolute atomic E-state index is 0.160. The Bertz CT molecular complexity index is 772. The van der Waals surface area contributed by atoms with Crippen LogP contribution in [0.1, 0.15) is 12.7 Å². The van der Waals surface area contributed by atoms with Crippen LogP contribution in [0.3, 0.4) is 0 Å². The molecule has 0 bridgehead atoms. The van der Waals surface area contributed by atoms with Crippen molar-refractivity contribution in [2.45, 2.75) is 19.5 Å². The maximum absolute atomic E-state index is 12.5. The van der Waals surface area contributed by atoms with Crippen molar-refractivity contribution in [3.8, 4) is 11.3 Å². The van der Waals surface area contributed by atoms with Gasteiger partial charge in [-0.25, -0.2) is 4.79 Å². The molecule has 7 heteroatoms. The Kier molecular flexibility index (Phi) is 5.24. The summed E-state index contributed by atoms with van der Waals surface area (Å²) in [7, 11) is 1.93. The van der Waals surface area contributed by atoms with Crippen LogP contribution in [0.2, 0.25) is 0 Å². The maximum atomic E-state index is 12.5. The van der Waals surface area contributed by atoms with Gasteiger partial charge in [-0.05, 0) is 31.2 Å². The van der Waals surface area contributed by atoms with E-state index in [0.717, 1.165) is 26.5 Å². The second kappa shape index (κ2) is 7.41. The molecule has 1 aliphatic rings. The van der Waals surface area contributed by atoms with Crippen molar-refractivity contribution in [1.82, 2.24) is 10.2 Å². The fraction of sp³-hybridized carbons (Fsp3) is 0.333. The maximum Gasteiger partial charge on any atom is 0.324 e. The molecule has 2 N–H and O–H groups in total. The van der Waals surface area contributed by atoms with Crippen LogP contribution in [-0.2, 0) is 11.3 Å². The van der Waals surface area contributed by atoms with Crippen LogP contribution >= 0.6 is 15.9 Å². The molecule has 0 aliphatic carbocycles. The van der Waals surface area contributed by atoms with Crippen molar-refractivity contribution in [2.24, 2.45) is 0 Å². The van der Waals surface area contributed by atoms with Gasteiger partial charge in [-0.3, -0.25) is 9.69 Å². The molecule has 2 heterocycles. The van der Waals surface area contributed by atoms with Crippen LogP contribution in [0.5, 0.6) is 0 Å². The highest BCUT2D eigenvalue weighted by Crippen LogP contribution is 2.23. The lowest BCUT2D eigenvalue weighted by atomic mass is 10.2. The summed E-state index contributed by atoms with van der Waals surface area (Å²) in [6.45, 7) is 3.36. The van der Waals surface area contributed by atoms with E-state index in [1.54, 1.807) is 0 Å². The van der Waals surface area contributed by atoms with Gasteiger partial charge in [-0.15, -0.1) is 0 Å². The van der Waals surface area contributed by atoms with Crippen molar-refractivity contribution < 1.29 is 18.9 Å². The molecule has 3 amide bonds. The van der Waals surface area contributed by atoms with Gasteiger partial charge in [0.25, 0.3) is 5.91 Å². The van der Waals surface area contributed by atoms with Crippen molar-refractivity contribution in [1.29, 1.82) is 0 Å². The van der Waals surface area contributed by atoms with Crippen LogP contribution in [-0.4, -0.2) is 43.0 Å². The molecule has 2 atom stereocenters. The van der Waals surface area contributed by atoms with Gasteiger partial charge >= 0.3 is 6.03 Å². The third-order valence-electron chi connectivity index (χ3n) is 4.48. The van der Waals surface area contributed by atoms with Crippen LogP contribution in [0, 0.1) is 0 Å². The molecule has 3 rings (SSSR count). The molecule has 1 aromatic heterocycles. The molecule has 0 radical (unpaired) electrons. The second-order valence-electron chi connectivity index (χ2n) is 6.24. The molecule has 1 aliphatic heterocycles. The summed E-state index contributed by atoms with van der Waals surface area (Å²) in [6, 6.07) is 11.1. The zero-order valence-corrected chi connectivity index (χ0v) is 15.8. The number of quaternary nitrogens is 1. The number of benzene rings is 1. The standard InChI is InChI=1S/C18H20BrN3O3/c1-12(17(23)22-10-9-20-18(22)24)21(2)11-15-7-8-16(25-15)13-3-5-14(19)6-4-13/h3-8,12H,9-11H2,1-2H3,(H,20,24)/p+1/t12-/m0/s1. The number of carbonyl (C=O) groups is 2. The Morgan fingerprint density at radius 2 is 2.04 bits per heavy atom. The Labute approximate surface area is 154 Å². The Morgan fingerprint density at radius 1 is 1.32 bits per heavy atom. The van der Waals surface area contributed by atoms with E-state index in [1.165, 1.54) is 4.90 Å². The van der Waals surface area contributed by atoms with Gasteiger partial charge < -0.3 is 14.6 Å². The Balaban J connectivity index is 1.64. The molecule has 6 nitrogen and oxygen atoms in total. The number of nitrogens with one attached hydrogen (secondary N) is 2. The highest BCUT2D eigenvalue weighted by Gasteiger charge is 2.34. The first-order valence-corrected chi connectivity index (χ1v) is 9.01. The quantitative estimate of drug-likeness (QED) is 0.793. The predicted octanol–water partition coefficient (Wildman–Crippen LogP) is 1.66. The molecular weight excluding hydrogens is 386 g/mol. The lowest BCUT2D eigenvalue weighted by molar-refractivity contribution is -0.909. The van der Waals surface area contributed by atoms with Crippen molar-refractivity contribution >= 4 is 27.9 Å². The topological polar surface area (TPSA) is 67.0 Å². The van der Waals surface area contributed by atoms with E-state index < -0.39 is 0 Å². The van der Waals surface area contributed by atoms with Gasteiger partial charge in [0, 0.05) is 23.1 Å². The van der Waals surface area contributed by atoms with E-state index in [1.807, 2.05) is 50.4 Å². The Hall–Kier alpha value is -2.12. The van der Waals surface area contributed by atoms with E-state index in [4.69, 9.17) is 4.42 Å². The number of amides is 3. The van der Waals surface area contributed by atoms with E-state index in [2.05, 4.69) is 21.2 Å². The first-order chi connectivity index (χ1) is 12.0. The summed E-state index contributed by atoms with van der Waals surface area (Å²) in [5, 5.41) is 2.65. The molecule has 0 spiro atoms. The van der Waals surface area contributed by atoms with E-state index >= 15 is 0 Å². The van der Waals surface area contributed by atoms with Crippen LogP contribution in [0.15, 0.2) is 45.3 Å². The molecule has 1 fully saturated rings. The largest absolute Gasteiger partial charge is 0.455 e. The monoisotopic (exact) mass is 406 g/mol. The molecule has 0 saturated carbocycles. The van der Waals surface area contributed by atoms with Crippen LogP contribution in [0.25, 0.3) is 11.3 Å². The highest BCUT2D eigenvalue weighted by molar-refractivity contribution is 9.10. The number of imide groups is 1. The lowest BCUT2D eigenvalue weighted by Crippen LogP contribution is -3.12. The summed E-state index contributed by atoms with van der Waals surface area (Å²) in [4.78, 5) is 26.4. The second-order valence-corrected chi connectivity index (χ2v) is 7.16. The summed E-state index contributed by atoms with van der Waals surface area (Å²) < 4.78 is 6.94. The van der Waals surface area contributed by atoms with Gasteiger partial charge in [0.1, 0.15) is 12.3 Å². The SMILES string of the molecule is C[C@@H](C(=O)N1CCNC1=O)[NH+](C)Cc1ccc(-c2ccc(Br)cc2)o1. The van der Waals surface area contributed by atoms with Gasteiger partial charge in [-0.1, -0.05) is 28.1 Å². The number of halogens is 1. The fourth-order valence-corrected chi connectivity index (χ4v) is 3.06. The Morgan fingerprint density at radius 3 is 2.68 bits per heavy atom. The number of hydrogen-bond acceptors (Lipinski definition) is 3. The number of urea groups is 1. The van der Waals surface area contributed by atoms with E-state index in [9.17, 15) is 9.59 Å². The van der Waals surface area contributed by atoms with Crippen molar-refractivity contribution in [3.63, 3.8) is 0 Å². The molecule has 1 unspecified atom stereocenters. The van der Waals surface area contributed by atoms with E-state index in [-0.39, 0.29) is 18.0 Å². The third kappa shape index (κ3) is 3.93. The van der Waals surface area contributed by atoms with Crippen molar-refractivity contribution in [2.75, 3.05) is 20.1 Å². The molecular formula is C18H21BrN3O3+. The molecule has 1 aromatic carbocycles. The average Bonchev–Trinajstić information content (AvgIpc) is 3.23. The van der Waals surface area contributed by atoms with Gasteiger partial charge in [0.05, 0.1) is 7.05 Å². The minimum Gasteiger partial charge on any atom is -0.455 e. The molecule has 132 valence electrons. The summed E-state index contributed by atoms with van der Waals surface area (Å²) in [6.07, 6.45) is 0. The van der Waals surface area contributed by atoms with Crippen molar-refractivity contribution in [3.05, 3.63) is 46.6 Å². The number of nitrogens with zero attached hydrogens (tertiary/aromatic N) is 1. The minimum atomic E-state index is -0.329. The molecule has 2 aromatic rings. The first kappa shape index (κ1) is 17.7. The zero-order chi connectivity index (χ0) is 18.0. The smallest absolute Gasteiger partial charge is 0.324 e. The first-order valence-electron chi connectivity index (χ1n) is 8.22. The van der Waals surface area contributed by atoms with Gasteiger partial charge in [-0.2, -0.15) is 0 Å². The van der Waals surface area contributed by atoms with Gasteiger partial charge in [0.15, 0.2) is 11.8 Å². The zero-order valence-electron chi connectivity index (χ0n) is 14.2. The average molecular weight is 407 g/mol. The highest BCUT2D eigenvalue weighted by atomic mass is 79.9. The summed E-state index contributed by atoms with van der Waals surface area (Å²) >= 11 is 3.42. The lowest BCUT2D eigenvalue weighted by Gasteiger charge is -2.23. The van der Waals surface area contributed by atoms with Crippen LogP contribution in [0.4, 0.5) is 4.79 Å². The molecule has 25 heavy (non-hydrogen) atoms. The predicted molar refractivity (Wildman–Crippen MR) is 97.0 cm³/mol.